The van der Waals surface area contributed by atoms with Gasteiger partial charge in [0.2, 0.25) is 0 Å². The molecule has 1 aliphatic heterocycles. The van der Waals surface area contributed by atoms with Crippen LogP contribution in [0.3, 0.4) is 0 Å². The summed E-state index contributed by atoms with van der Waals surface area (Å²) in [5, 5.41) is 1.20. The minimum absolute atomic E-state index is 0.0971. The molecule has 0 bridgehead atoms. The predicted octanol–water partition coefficient (Wildman–Crippen LogP) is 4.06. The first-order valence-corrected chi connectivity index (χ1v) is 10.3. The number of methoxy groups -OCH3 is 1. The zero-order valence-corrected chi connectivity index (χ0v) is 17.7. The number of aromatic nitrogens is 1. The lowest BCUT2D eigenvalue weighted by molar-refractivity contribution is 0.0783. The molecule has 0 saturated carbocycles. The summed E-state index contributed by atoms with van der Waals surface area (Å²) >= 11 is 0. The smallest absolute Gasteiger partial charge is 0.257 e. The van der Waals surface area contributed by atoms with Crippen LogP contribution >= 0.6 is 0 Å². The maximum Gasteiger partial charge on any atom is 0.257 e. The Morgan fingerprint density at radius 1 is 1.15 bits per heavy atom. The molecule has 0 radical (unpaired) electrons. The van der Waals surface area contributed by atoms with Crippen molar-refractivity contribution in [2.75, 3.05) is 20.2 Å². The molecular weight excluding hydrogens is 429 g/mol. The summed E-state index contributed by atoms with van der Waals surface area (Å²) in [5.74, 6) is 0.361. The minimum Gasteiger partial charge on any atom is -0.496 e. The molecule has 0 aliphatic carbocycles. The Balaban J connectivity index is 1.48. The molecule has 0 spiro atoms. The van der Waals surface area contributed by atoms with E-state index >= 15 is 0 Å². The highest BCUT2D eigenvalue weighted by atomic mass is 19.1. The molecule has 2 amide bonds. The Bertz CT molecular complexity index is 1400. The monoisotopic (exact) mass is 449 g/mol. The molecule has 1 aliphatic rings. The second-order valence-electron chi connectivity index (χ2n) is 7.79. The van der Waals surface area contributed by atoms with Crippen molar-refractivity contribution in [2.24, 2.45) is 5.73 Å². The largest absolute Gasteiger partial charge is 0.496 e. The number of fused-ring (bicyclic) bond motifs is 2. The molecule has 2 aromatic carbocycles. The van der Waals surface area contributed by atoms with Gasteiger partial charge in [-0.2, -0.15) is 0 Å². The van der Waals surface area contributed by atoms with E-state index in [2.05, 4.69) is 4.98 Å². The highest BCUT2D eigenvalue weighted by Crippen LogP contribution is 2.35. The van der Waals surface area contributed by atoms with E-state index in [0.717, 1.165) is 0 Å². The Morgan fingerprint density at radius 3 is 2.73 bits per heavy atom. The average molecular weight is 449 g/mol. The molecule has 2 N–H and O–H groups in total. The number of amides is 2. The van der Waals surface area contributed by atoms with E-state index in [4.69, 9.17) is 19.6 Å². The summed E-state index contributed by atoms with van der Waals surface area (Å²) in [7, 11) is 1.45. The molecular formula is C24H20FN3O5. The molecule has 2 aromatic heterocycles. The quantitative estimate of drug-likeness (QED) is 0.492. The van der Waals surface area contributed by atoms with Crippen LogP contribution in [-0.2, 0) is 0 Å². The van der Waals surface area contributed by atoms with E-state index in [0.29, 0.717) is 57.6 Å². The first-order valence-electron chi connectivity index (χ1n) is 10.3. The predicted molar refractivity (Wildman–Crippen MR) is 119 cm³/mol. The van der Waals surface area contributed by atoms with Crippen molar-refractivity contribution in [3.63, 3.8) is 0 Å². The summed E-state index contributed by atoms with van der Waals surface area (Å²) in [6.07, 6.45) is 2.33. The fraction of sp³-hybridized carbons (Fsp3) is 0.208. The van der Waals surface area contributed by atoms with Crippen molar-refractivity contribution in [3.05, 3.63) is 60.0 Å². The second-order valence-corrected chi connectivity index (χ2v) is 7.79. The summed E-state index contributed by atoms with van der Waals surface area (Å²) < 4.78 is 30.4. The van der Waals surface area contributed by atoms with E-state index in [1.165, 1.54) is 18.3 Å². The van der Waals surface area contributed by atoms with Crippen molar-refractivity contribution in [1.82, 2.24) is 9.88 Å². The van der Waals surface area contributed by atoms with Gasteiger partial charge in [0.15, 0.2) is 0 Å². The van der Waals surface area contributed by atoms with Crippen molar-refractivity contribution in [1.29, 1.82) is 0 Å². The summed E-state index contributed by atoms with van der Waals surface area (Å²) in [6.45, 7) is 0.487. The van der Waals surface area contributed by atoms with Crippen LogP contribution in [-0.4, -0.2) is 48.1 Å². The SMILES string of the molecule is COc1cc2nccc(Oc3ccc4c(C(=O)N5CC[C@@H](F)C5)coc4c3)c2cc1C(N)=O. The van der Waals surface area contributed by atoms with Crippen molar-refractivity contribution in [3.8, 4) is 17.2 Å². The Hall–Kier alpha value is -4.14. The van der Waals surface area contributed by atoms with Gasteiger partial charge in [0, 0.05) is 35.6 Å². The van der Waals surface area contributed by atoms with Gasteiger partial charge in [-0.1, -0.05) is 0 Å². The number of primary amides is 1. The number of pyridine rings is 1. The first-order chi connectivity index (χ1) is 15.9. The Morgan fingerprint density at radius 2 is 2.00 bits per heavy atom. The van der Waals surface area contributed by atoms with Gasteiger partial charge in [-0.25, -0.2) is 4.39 Å². The third-order valence-corrected chi connectivity index (χ3v) is 5.71. The molecule has 8 nitrogen and oxygen atoms in total. The van der Waals surface area contributed by atoms with Gasteiger partial charge in [-0.3, -0.25) is 14.6 Å². The lowest BCUT2D eigenvalue weighted by atomic mass is 10.1. The minimum atomic E-state index is -0.989. The number of nitrogens with zero attached hydrogens (tertiary/aromatic N) is 2. The number of likely N-dealkylation sites (tertiary alicyclic amines) is 1. The second kappa shape index (κ2) is 8.09. The van der Waals surface area contributed by atoms with Gasteiger partial charge < -0.3 is 24.5 Å². The lowest BCUT2D eigenvalue weighted by Gasteiger charge is -2.14. The van der Waals surface area contributed by atoms with E-state index in [9.17, 15) is 14.0 Å². The highest BCUT2D eigenvalue weighted by Gasteiger charge is 2.28. The van der Waals surface area contributed by atoms with Gasteiger partial charge >= 0.3 is 0 Å². The van der Waals surface area contributed by atoms with Crippen LogP contribution in [0.2, 0.25) is 0 Å². The number of furan rings is 1. The number of benzene rings is 2. The summed E-state index contributed by atoms with van der Waals surface area (Å²) in [5.41, 5.74) is 7.11. The molecule has 1 fully saturated rings. The molecule has 0 unspecified atom stereocenters. The van der Waals surface area contributed by atoms with Crippen LogP contribution in [0.25, 0.3) is 21.9 Å². The van der Waals surface area contributed by atoms with Crippen molar-refractivity contribution < 1.29 is 27.9 Å². The molecule has 4 aromatic rings. The summed E-state index contributed by atoms with van der Waals surface area (Å²) in [6, 6.07) is 9.97. The normalized spacial score (nSPS) is 15.8. The highest BCUT2D eigenvalue weighted by molar-refractivity contribution is 6.06. The van der Waals surface area contributed by atoms with E-state index < -0.39 is 12.1 Å². The number of halogens is 1. The molecule has 9 heteroatoms. The first kappa shape index (κ1) is 20.7. The molecule has 1 atom stereocenters. The molecule has 1 saturated heterocycles. The number of hydrogen-bond acceptors (Lipinski definition) is 6. The van der Waals surface area contributed by atoms with Crippen LogP contribution in [0.4, 0.5) is 4.39 Å². The van der Waals surface area contributed by atoms with Crippen LogP contribution < -0.4 is 15.2 Å². The van der Waals surface area contributed by atoms with Gasteiger partial charge in [-0.05, 0) is 30.7 Å². The topological polar surface area (TPSA) is 108 Å². The van der Waals surface area contributed by atoms with Crippen LogP contribution in [0.5, 0.6) is 17.2 Å². The van der Waals surface area contributed by atoms with Gasteiger partial charge in [0.25, 0.3) is 11.8 Å². The van der Waals surface area contributed by atoms with E-state index in [1.807, 2.05) is 0 Å². The zero-order valence-electron chi connectivity index (χ0n) is 17.7. The number of rotatable bonds is 5. The zero-order chi connectivity index (χ0) is 23.1. The number of carbonyl (C=O) groups is 2. The van der Waals surface area contributed by atoms with E-state index in [-0.39, 0.29) is 18.0 Å². The average Bonchev–Trinajstić information content (AvgIpc) is 3.44. The number of carbonyl (C=O) groups excluding carboxylic acids is 2. The van der Waals surface area contributed by atoms with Crippen molar-refractivity contribution >= 4 is 33.7 Å². The fourth-order valence-electron chi connectivity index (χ4n) is 4.04. The number of ether oxygens (including phenoxy) is 2. The summed E-state index contributed by atoms with van der Waals surface area (Å²) in [4.78, 5) is 30.4. The Labute approximate surface area is 187 Å². The van der Waals surface area contributed by atoms with Gasteiger partial charge in [0.05, 0.1) is 30.3 Å². The van der Waals surface area contributed by atoms with E-state index in [1.54, 1.807) is 42.6 Å². The maximum atomic E-state index is 13.5. The standard InChI is InChI=1S/C24H20FN3O5/c1-31-21-10-19-16(9-17(21)23(26)29)20(4-6-27-19)33-14-2-3-15-18(12-32-22(15)8-14)24(30)28-7-5-13(25)11-28/h2-4,6,8-10,12-13H,5,7,11H2,1H3,(H2,26,29)/t13-/m1/s1. The fourth-order valence-corrected chi connectivity index (χ4v) is 4.04. The van der Waals surface area contributed by atoms with Crippen LogP contribution in [0, 0.1) is 0 Å². The van der Waals surface area contributed by atoms with Crippen molar-refractivity contribution in [2.45, 2.75) is 12.6 Å². The van der Waals surface area contributed by atoms with Gasteiger partial charge in [0.1, 0.15) is 35.3 Å². The van der Waals surface area contributed by atoms with Crippen LogP contribution in [0.15, 0.2) is 53.3 Å². The molecule has 3 heterocycles. The molecule has 168 valence electrons. The molecule has 33 heavy (non-hydrogen) atoms. The number of nitrogens with two attached hydrogens (primary N) is 1. The number of alkyl halides is 1. The lowest BCUT2D eigenvalue weighted by Crippen LogP contribution is -2.28. The van der Waals surface area contributed by atoms with Gasteiger partial charge in [-0.15, -0.1) is 0 Å². The molecule has 5 rings (SSSR count). The third kappa shape index (κ3) is 3.71. The number of hydrogen-bond donors (Lipinski definition) is 1. The van der Waals surface area contributed by atoms with Crippen LogP contribution in [0.1, 0.15) is 27.1 Å². The Kier molecular flexibility index (Phi) is 5.08. The maximum absolute atomic E-state index is 13.5. The third-order valence-electron chi connectivity index (χ3n) is 5.71.